The molecular formula is C18H36O3. The Morgan fingerprint density at radius 3 is 1.81 bits per heavy atom. The van der Waals surface area contributed by atoms with Gasteiger partial charge >= 0.3 is 5.97 Å². The molecule has 1 unspecified atom stereocenters. The van der Waals surface area contributed by atoms with Crippen LogP contribution < -0.4 is 0 Å². The van der Waals surface area contributed by atoms with Crippen molar-refractivity contribution in [2.75, 3.05) is 6.61 Å². The van der Waals surface area contributed by atoms with Crippen LogP contribution in [0.25, 0.3) is 0 Å². The Morgan fingerprint density at radius 2 is 1.33 bits per heavy atom. The number of esters is 1. The maximum absolute atomic E-state index is 11.4. The Kier molecular flexibility index (Phi) is 15.4. The smallest absolute Gasteiger partial charge is 0.305 e. The van der Waals surface area contributed by atoms with E-state index in [4.69, 9.17) is 4.74 Å². The third-order valence-electron chi connectivity index (χ3n) is 3.89. The Labute approximate surface area is 131 Å². The number of hydrogen-bond donors (Lipinski definition) is 1. The van der Waals surface area contributed by atoms with Crippen LogP contribution in [0, 0.1) is 0 Å². The molecule has 0 aromatic rings. The molecular weight excluding hydrogens is 264 g/mol. The third-order valence-corrected chi connectivity index (χ3v) is 3.89. The molecule has 21 heavy (non-hydrogen) atoms. The van der Waals surface area contributed by atoms with Gasteiger partial charge in [-0.2, -0.15) is 0 Å². The van der Waals surface area contributed by atoms with Crippen molar-refractivity contribution in [1.82, 2.24) is 0 Å². The quantitative estimate of drug-likeness (QED) is 0.342. The molecule has 0 saturated heterocycles. The number of carbonyl (C=O) groups excluding carboxylic acids is 1. The lowest BCUT2D eigenvalue weighted by Crippen LogP contribution is -2.17. The summed E-state index contributed by atoms with van der Waals surface area (Å²) in [5.74, 6) is -0.168. The van der Waals surface area contributed by atoms with Crippen molar-refractivity contribution < 1.29 is 14.6 Å². The maximum Gasteiger partial charge on any atom is 0.305 e. The zero-order chi connectivity index (χ0) is 15.8. The van der Waals surface area contributed by atoms with Gasteiger partial charge in [-0.3, -0.25) is 4.79 Å². The first-order valence-corrected chi connectivity index (χ1v) is 9.04. The van der Waals surface area contributed by atoms with Gasteiger partial charge in [0, 0.05) is 6.42 Å². The van der Waals surface area contributed by atoms with Crippen molar-refractivity contribution >= 4 is 5.97 Å². The summed E-state index contributed by atoms with van der Waals surface area (Å²) >= 11 is 0. The number of unbranched alkanes of at least 4 members (excludes halogenated alkanes) is 10. The highest BCUT2D eigenvalue weighted by atomic mass is 16.5. The van der Waals surface area contributed by atoms with Gasteiger partial charge in [0.2, 0.25) is 0 Å². The molecule has 0 aliphatic heterocycles. The first kappa shape index (κ1) is 20.4. The number of ether oxygens (including phenoxy) is 1. The summed E-state index contributed by atoms with van der Waals surface area (Å²) in [6.45, 7) is 4.28. The molecule has 3 heteroatoms. The summed E-state index contributed by atoms with van der Waals surface area (Å²) in [4.78, 5) is 11.4. The van der Waals surface area contributed by atoms with Crippen LogP contribution in [-0.2, 0) is 9.53 Å². The van der Waals surface area contributed by atoms with Crippen molar-refractivity contribution in [2.24, 2.45) is 0 Å². The van der Waals surface area contributed by atoms with E-state index in [-0.39, 0.29) is 12.6 Å². The van der Waals surface area contributed by atoms with E-state index in [1.54, 1.807) is 0 Å². The summed E-state index contributed by atoms with van der Waals surface area (Å²) in [6.07, 6.45) is 14.7. The second-order valence-electron chi connectivity index (χ2n) is 6.03. The highest BCUT2D eigenvalue weighted by Gasteiger charge is 2.06. The van der Waals surface area contributed by atoms with Crippen molar-refractivity contribution in [3.05, 3.63) is 0 Å². The number of hydrogen-bond acceptors (Lipinski definition) is 3. The molecule has 0 aromatic carbocycles. The van der Waals surface area contributed by atoms with E-state index < -0.39 is 6.10 Å². The van der Waals surface area contributed by atoms with E-state index in [0.29, 0.717) is 12.8 Å². The molecule has 0 saturated carbocycles. The molecule has 3 nitrogen and oxygen atoms in total. The molecule has 0 heterocycles. The van der Waals surface area contributed by atoms with Gasteiger partial charge in [0.15, 0.2) is 0 Å². The van der Waals surface area contributed by atoms with Crippen LogP contribution in [0.15, 0.2) is 0 Å². The third kappa shape index (κ3) is 15.6. The minimum atomic E-state index is -0.508. The Bertz CT molecular complexity index is 229. The fourth-order valence-corrected chi connectivity index (χ4v) is 2.31. The van der Waals surface area contributed by atoms with Gasteiger partial charge in [-0.15, -0.1) is 0 Å². The van der Waals surface area contributed by atoms with Crippen LogP contribution in [0.4, 0.5) is 0 Å². The molecule has 0 amide bonds. The Balaban J connectivity index is 3.16. The number of carbonyl (C=O) groups is 1. The van der Waals surface area contributed by atoms with Gasteiger partial charge in [0.05, 0.1) is 6.10 Å². The predicted molar refractivity (Wildman–Crippen MR) is 88.3 cm³/mol. The van der Waals surface area contributed by atoms with E-state index in [9.17, 15) is 9.90 Å². The van der Waals surface area contributed by atoms with Crippen molar-refractivity contribution in [2.45, 2.75) is 103 Å². The summed E-state index contributed by atoms with van der Waals surface area (Å²) in [6, 6.07) is 0. The van der Waals surface area contributed by atoms with E-state index in [0.717, 1.165) is 12.8 Å². The maximum atomic E-state index is 11.4. The fourth-order valence-electron chi connectivity index (χ4n) is 2.31. The lowest BCUT2D eigenvalue weighted by Gasteiger charge is -2.08. The monoisotopic (exact) mass is 300 g/mol. The van der Waals surface area contributed by atoms with Crippen LogP contribution >= 0.6 is 0 Å². The summed E-state index contributed by atoms with van der Waals surface area (Å²) in [5, 5.41) is 9.29. The zero-order valence-electron chi connectivity index (χ0n) is 14.2. The van der Waals surface area contributed by atoms with Crippen LogP contribution in [0.5, 0.6) is 0 Å². The van der Waals surface area contributed by atoms with Gasteiger partial charge in [-0.25, -0.2) is 0 Å². The van der Waals surface area contributed by atoms with E-state index in [1.807, 2.05) is 6.92 Å². The average Bonchev–Trinajstić information content (AvgIpc) is 2.50. The second kappa shape index (κ2) is 15.8. The normalized spacial score (nSPS) is 12.3. The highest BCUT2D eigenvalue weighted by Crippen LogP contribution is 2.12. The highest BCUT2D eigenvalue weighted by molar-refractivity contribution is 5.69. The van der Waals surface area contributed by atoms with Gasteiger partial charge in [-0.05, 0) is 12.8 Å². The van der Waals surface area contributed by atoms with Crippen LogP contribution in [0.2, 0.25) is 0 Å². The molecule has 1 atom stereocenters. The van der Waals surface area contributed by atoms with Crippen molar-refractivity contribution in [3.8, 4) is 0 Å². The molecule has 0 spiro atoms. The minimum Gasteiger partial charge on any atom is -0.463 e. The second-order valence-corrected chi connectivity index (χ2v) is 6.03. The molecule has 0 bridgehead atoms. The summed E-state index contributed by atoms with van der Waals surface area (Å²) in [5.41, 5.74) is 0. The van der Waals surface area contributed by atoms with Crippen LogP contribution in [0.1, 0.15) is 97.3 Å². The molecule has 126 valence electrons. The fraction of sp³-hybridized carbons (Fsp3) is 0.944. The first-order valence-electron chi connectivity index (χ1n) is 9.04. The molecule has 0 aromatic heterocycles. The van der Waals surface area contributed by atoms with Crippen LogP contribution in [0.3, 0.4) is 0 Å². The molecule has 0 rings (SSSR count). The van der Waals surface area contributed by atoms with Crippen molar-refractivity contribution in [1.29, 1.82) is 0 Å². The summed E-state index contributed by atoms with van der Waals surface area (Å²) < 4.78 is 5.00. The van der Waals surface area contributed by atoms with E-state index in [1.165, 1.54) is 57.8 Å². The lowest BCUT2D eigenvalue weighted by atomic mass is 10.1. The lowest BCUT2D eigenvalue weighted by molar-refractivity contribution is -0.146. The largest absolute Gasteiger partial charge is 0.463 e. The standard InChI is InChI=1S/C18H36O3/c1-3-5-6-7-8-9-10-11-12-13-14-15-18(20)21-16-17(19)4-2/h17,19H,3-16H2,1-2H3. The predicted octanol–water partition coefficient (Wildman–Crippen LogP) is 5.00. The number of rotatable bonds is 15. The molecule has 1 N–H and O–H groups in total. The molecule has 0 aliphatic rings. The number of aliphatic hydroxyl groups is 1. The molecule has 0 radical (unpaired) electrons. The SMILES string of the molecule is CCCCCCCCCCCCCC(=O)OCC(O)CC. The average molecular weight is 300 g/mol. The van der Waals surface area contributed by atoms with Gasteiger partial charge in [0.1, 0.15) is 6.61 Å². The molecule has 0 aliphatic carbocycles. The van der Waals surface area contributed by atoms with E-state index in [2.05, 4.69) is 6.92 Å². The zero-order valence-corrected chi connectivity index (χ0v) is 14.2. The molecule has 0 fully saturated rings. The van der Waals surface area contributed by atoms with Gasteiger partial charge in [-0.1, -0.05) is 78.1 Å². The van der Waals surface area contributed by atoms with Crippen LogP contribution in [-0.4, -0.2) is 23.8 Å². The van der Waals surface area contributed by atoms with E-state index >= 15 is 0 Å². The Morgan fingerprint density at radius 1 is 0.857 bits per heavy atom. The Hall–Kier alpha value is -0.570. The van der Waals surface area contributed by atoms with Crippen molar-refractivity contribution in [3.63, 3.8) is 0 Å². The summed E-state index contributed by atoms with van der Waals surface area (Å²) in [7, 11) is 0. The minimum absolute atomic E-state index is 0.146. The first-order chi connectivity index (χ1) is 10.2. The topological polar surface area (TPSA) is 46.5 Å². The van der Waals surface area contributed by atoms with Gasteiger partial charge < -0.3 is 9.84 Å². The number of aliphatic hydroxyl groups excluding tert-OH is 1. The van der Waals surface area contributed by atoms with Gasteiger partial charge in [0.25, 0.3) is 0 Å².